The summed E-state index contributed by atoms with van der Waals surface area (Å²) in [5.41, 5.74) is 5.10. The molecule has 3 aromatic rings. The molecule has 1 aliphatic carbocycles. The van der Waals surface area contributed by atoms with Crippen molar-refractivity contribution in [1.29, 1.82) is 0 Å². The molecule has 0 amide bonds. The van der Waals surface area contributed by atoms with Crippen molar-refractivity contribution in [3.8, 4) is 11.3 Å². The lowest BCUT2D eigenvalue weighted by molar-refractivity contribution is 0.539. The maximum Gasteiger partial charge on any atom is 0.242 e. The second kappa shape index (κ2) is 8.67. The molecule has 0 fully saturated rings. The van der Waals surface area contributed by atoms with Crippen LogP contribution in [0.4, 0.5) is 0 Å². The smallest absolute Gasteiger partial charge is 0.242 e. The number of benzene rings is 1. The van der Waals surface area contributed by atoms with Crippen LogP contribution in [0.2, 0.25) is 10.0 Å². The van der Waals surface area contributed by atoms with E-state index in [1.807, 2.05) is 16.8 Å². The van der Waals surface area contributed by atoms with Crippen LogP contribution in [0.1, 0.15) is 29.7 Å². The number of pyridine rings is 1. The third kappa shape index (κ3) is 4.25. The number of hydrogen-bond acceptors (Lipinski definition) is 4. The fourth-order valence-electron chi connectivity index (χ4n) is 3.80. The second-order valence-electron chi connectivity index (χ2n) is 7.37. The minimum atomic E-state index is -3.76. The van der Waals surface area contributed by atoms with Gasteiger partial charge in [0.2, 0.25) is 10.0 Å². The summed E-state index contributed by atoms with van der Waals surface area (Å²) >= 11 is 12.1. The van der Waals surface area contributed by atoms with Gasteiger partial charge in [-0.15, -0.1) is 0 Å². The van der Waals surface area contributed by atoms with Crippen molar-refractivity contribution < 1.29 is 8.42 Å². The van der Waals surface area contributed by atoms with E-state index >= 15 is 0 Å². The number of aromatic nitrogens is 3. The fraction of sp³-hybridized carbons (Fsp3) is 0.333. The van der Waals surface area contributed by atoms with Gasteiger partial charge in [-0.1, -0.05) is 23.2 Å². The zero-order valence-corrected chi connectivity index (χ0v) is 18.9. The third-order valence-electron chi connectivity index (χ3n) is 5.33. The highest BCUT2D eigenvalue weighted by Gasteiger charge is 2.23. The Morgan fingerprint density at radius 3 is 2.60 bits per heavy atom. The maximum atomic E-state index is 12.7. The molecule has 0 spiro atoms. The Bertz CT molecular complexity index is 1180. The maximum absolute atomic E-state index is 12.7. The highest BCUT2D eigenvalue weighted by atomic mass is 35.5. The average Bonchev–Trinajstić information content (AvgIpc) is 3.10. The normalized spacial score (nSPS) is 14.0. The van der Waals surface area contributed by atoms with Gasteiger partial charge in [-0.05, 0) is 62.4 Å². The van der Waals surface area contributed by atoms with Gasteiger partial charge in [-0.25, -0.2) is 13.1 Å². The van der Waals surface area contributed by atoms with Crippen molar-refractivity contribution in [2.45, 2.75) is 44.0 Å². The Morgan fingerprint density at radius 1 is 1.10 bits per heavy atom. The minimum absolute atomic E-state index is 0.0334. The summed E-state index contributed by atoms with van der Waals surface area (Å²) in [5, 5.41) is 5.35. The number of nitrogens with one attached hydrogen (secondary N) is 1. The third-order valence-corrected chi connectivity index (χ3v) is 7.66. The fourth-order valence-corrected chi connectivity index (χ4v) is 5.65. The van der Waals surface area contributed by atoms with Gasteiger partial charge in [0.15, 0.2) is 0 Å². The van der Waals surface area contributed by atoms with Crippen LogP contribution in [0.15, 0.2) is 41.6 Å². The molecule has 2 aromatic heterocycles. The molecule has 158 valence electrons. The molecule has 1 N–H and O–H groups in total. The molecule has 0 bridgehead atoms. The Balaban J connectivity index is 1.55. The van der Waals surface area contributed by atoms with E-state index in [1.54, 1.807) is 19.3 Å². The Labute approximate surface area is 186 Å². The summed E-state index contributed by atoms with van der Waals surface area (Å²) in [6.45, 7) is 2.40. The quantitative estimate of drug-likeness (QED) is 0.585. The van der Waals surface area contributed by atoms with E-state index in [4.69, 9.17) is 28.3 Å². The molecule has 9 heteroatoms. The summed E-state index contributed by atoms with van der Waals surface area (Å²) in [6, 6.07) is 6.85. The van der Waals surface area contributed by atoms with Crippen molar-refractivity contribution in [1.82, 2.24) is 19.5 Å². The SMILES string of the molecule is Cc1cc(S(=O)(=O)NCCn2nc(-c3ccncc3)c3c2CCCC3)c(Cl)cc1Cl. The van der Waals surface area contributed by atoms with E-state index in [0.717, 1.165) is 36.9 Å². The lowest BCUT2D eigenvalue weighted by atomic mass is 9.94. The molecular formula is C21H22Cl2N4O2S. The molecular weight excluding hydrogens is 443 g/mol. The Hall–Kier alpha value is -1.93. The first-order chi connectivity index (χ1) is 14.4. The van der Waals surface area contributed by atoms with E-state index in [9.17, 15) is 8.42 Å². The molecule has 6 nitrogen and oxygen atoms in total. The van der Waals surface area contributed by atoms with E-state index in [0.29, 0.717) is 17.1 Å². The summed E-state index contributed by atoms with van der Waals surface area (Å²) in [4.78, 5) is 4.12. The van der Waals surface area contributed by atoms with E-state index < -0.39 is 10.0 Å². The molecule has 0 saturated carbocycles. The predicted molar refractivity (Wildman–Crippen MR) is 118 cm³/mol. The summed E-state index contributed by atoms with van der Waals surface area (Å²) in [7, 11) is -3.76. The van der Waals surface area contributed by atoms with Gasteiger partial charge in [0.1, 0.15) is 4.90 Å². The standard InChI is InChI=1S/C21H22Cl2N4O2S/c1-14-12-20(18(23)13-17(14)22)30(28,29)25-10-11-27-19-5-3-2-4-16(19)21(26-27)15-6-8-24-9-7-15/h6-9,12-13,25H,2-5,10-11H2,1H3. The van der Waals surface area contributed by atoms with Gasteiger partial charge in [0, 0.05) is 40.8 Å². The van der Waals surface area contributed by atoms with Gasteiger partial charge in [0.05, 0.1) is 17.3 Å². The monoisotopic (exact) mass is 464 g/mol. The molecule has 4 rings (SSSR count). The number of nitrogens with zero attached hydrogens (tertiary/aromatic N) is 3. The van der Waals surface area contributed by atoms with Gasteiger partial charge in [-0.3, -0.25) is 9.67 Å². The van der Waals surface area contributed by atoms with Crippen LogP contribution in [0.5, 0.6) is 0 Å². The summed E-state index contributed by atoms with van der Waals surface area (Å²) in [6.07, 6.45) is 7.70. The van der Waals surface area contributed by atoms with Crippen LogP contribution >= 0.6 is 23.2 Å². The van der Waals surface area contributed by atoms with Crippen LogP contribution in [0.3, 0.4) is 0 Å². The first-order valence-corrected chi connectivity index (χ1v) is 12.0. The molecule has 0 atom stereocenters. The highest BCUT2D eigenvalue weighted by molar-refractivity contribution is 7.89. The Kier molecular flexibility index (Phi) is 6.16. The highest BCUT2D eigenvalue weighted by Crippen LogP contribution is 2.31. The van der Waals surface area contributed by atoms with E-state index in [-0.39, 0.29) is 16.5 Å². The van der Waals surface area contributed by atoms with Crippen molar-refractivity contribution in [3.63, 3.8) is 0 Å². The van der Waals surface area contributed by atoms with Crippen LogP contribution in [0, 0.1) is 6.92 Å². The number of halogens is 2. The number of aryl methyl sites for hydroxylation is 1. The van der Waals surface area contributed by atoms with Crippen LogP contribution in [-0.4, -0.2) is 29.7 Å². The second-order valence-corrected chi connectivity index (χ2v) is 9.92. The van der Waals surface area contributed by atoms with Crippen LogP contribution in [0.25, 0.3) is 11.3 Å². The topological polar surface area (TPSA) is 76.9 Å². The molecule has 2 heterocycles. The summed E-state index contributed by atoms with van der Waals surface area (Å²) < 4.78 is 30.1. The minimum Gasteiger partial charge on any atom is -0.267 e. The molecule has 0 aliphatic heterocycles. The molecule has 1 aromatic carbocycles. The lowest BCUT2D eigenvalue weighted by Gasteiger charge is -2.15. The zero-order valence-electron chi connectivity index (χ0n) is 16.5. The number of rotatable bonds is 6. The van der Waals surface area contributed by atoms with Gasteiger partial charge < -0.3 is 0 Å². The average molecular weight is 465 g/mol. The van der Waals surface area contributed by atoms with E-state index in [2.05, 4.69) is 9.71 Å². The molecule has 0 unspecified atom stereocenters. The first-order valence-electron chi connectivity index (χ1n) is 9.81. The first kappa shape index (κ1) is 21.3. The Morgan fingerprint density at radius 2 is 1.83 bits per heavy atom. The lowest BCUT2D eigenvalue weighted by Crippen LogP contribution is -2.28. The molecule has 0 saturated heterocycles. The van der Waals surface area contributed by atoms with Crippen LogP contribution in [-0.2, 0) is 29.4 Å². The van der Waals surface area contributed by atoms with Gasteiger partial charge in [-0.2, -0.15) is 5.10 Å². The summed E-state index contributed by atoms with van der Waals surface area (Å²) in [5.74, 6) is 0. The van der Waals surface area contributed by atoms with Gasteiger partial charge >= 0.3 is 0 Å². The van der Waals surface area contributed by atoms with Crippen molar-refractivity contribution in [2.24, 2.45) is 0 Å². The number of hydrogen-bond donors (Lipinski definition) is 1. The predicted octanol–water partition coefficient (Wildman–Crippen LogP) is 4.42. The van der Waals surface area contributed by atoms with Crippen LogP contribution < -0.4 is 4.72 Å². The van der Waals surface area contributed by atoms with Crippen molar-refractivity contribution >= 4 is 33.2 Å². The van der Waals surface area contributed by atoms with Crippen molar-refractivity contribution in [3.05, 3.63) is 63.5 Å². The van der Waals surface area contributed by atoms with Crippen molar-refractivity contribution in [2.75, 3.05) is 6.54 Å². The number of fused-ring (bicyclic) bond motifs is 1. The van der Waals surface area contributed by atoms with E-state index in [1.165, 1.54) is 23.4 Å². The van der Waals surface area contributed by atoms with Gasteiger partial charge in [0.25, 0.3) is 0 Å². The largest absolute Gasteiger partial charge is 0.267 e. The number of sulfonamides is 1. The molecule has 30 heavy (non-hydrogen) atoms. The molecule has 0 radical (unpaired) electrons. The molecule has 1 aliphatic rings. The zero-order chi connectivity index (χ0) is 21.3.